The highest BCUT2D eigenvalue weighted by atomic mass is 16.4. The molecule has 2 atom stereocenters. The van der Waals surface area contributed by atoms with Crippen LogP contribution >= 0.6 is 0 Å². The third-order valence-corrected chi connectivity index (χ3v) is 2.97. The maximum absolute atomic E-state index is 11.9. The zero-order chi connectivity index (χ0) is 15.0. The second-order valence-corrected chi connectivity index (χ2v) is 4.58. The lowest BCUT2D eigenvalue weighted by Crippen LogP contribution is -2.44. The number of carbonyl (C=O) groups is 2. The number of benzene rings is 1. The summed E-state index contributed by atoms with van der Waals surface area (Å²) in [5.74, 6) is -1.57. The first-order valence-corrected chi connectivity index (χ1v) is 6.60. The van der Waals surface area contributed by atoms with Gasteiger partial charge < -0.3 is 21.9 Å². The van der Waals surface area contributed by atoms with Crippen LogP contribution in [0.15, 0.2) is 30.3 Å². The Bertz CT molecular complexity index is 437. The molecule has 0 aliphatic rings. The van der Waals surface area contributed by atoms with E-state index in [0.29, 0.717) is 18.5 Å². The minimum Gasteiger partial charge on any atom is -0.479 e. The smallest absolute Gasteiger partial charge is 0.330 e. The minimum atomic E-state index is -1.11. The topological polar surface area (TPSA) is 118 Å². The molecule has 6 heteroatoms. The predicted octanol–water partition coefficient (Wildman–Crippen LogP) is 0.385. The van der Waals surface area contributed by atoms with Crippen molar-refractivity contribution in [2.45, 2.75) is 31.3 Å². The summed E-state index contributed by atoms with van der Waals surface area (Å²) < 4.78 is 0. The quantitative estimate of drug-likeness (QED) is 0.513. The van der Waals surface area contributed by atoms with Gasteiger partial charge in [0.1, 0.15) is 0 Å². The van der Waals surface area contributed by atoms with E-state index in [-0.39, 0.29) is 0 Å². The number of unbranched alkanes of at least 4 members (excludes halogenated alkanes) is 1. The molecule has 1 aromatic rings. The summed E-state index contributed by atoms with van der Waals surface area (Å²) in [6.45, 7) is 0.552. The lowest BCUT2D eigenvalue weighted by molar-refractivity contribution is -0.142. The molecule has 1 rings (SSSR count). The number of nitrogens with two attached hydrogens (primary N) is 2. The summed E-state index contributed by atoms with van der Waals surface area (Å²) in [6.07, 6.45) is 2.03. The fourth-order valence-corrected chi connectivity index (χ4v) is 1.82. The number of hydrogen-bond acceptors (Lipinski definition) is 4. The highest BCUT2D eigenvalue weighted by Crippen LogP contribution is 2.13. The van der Waals surface area contributed by atoms with Crippen molar-refractivity contribution in [2.75, 3.05) is 6.54 Å². The van der Waals surface area contributed by atoms with Gasteiger partial charge in [-0.3, -0.25) is 4.79 Å². The Morgan fingerprint density at radius 2 is 1.85 bits per heavy atom. The molecular formula is C14H21N3O3. The van der Waals surface area contributed by atoms with E-state index in [1.54, 1.807) is 30.3 Å². The molecule has 0 radical (unpaired) electrons. The van der Waals surface area contributed by atoms with Crippen molar-refractivity contribution in [2.24, 2.45) is 11.5 Å². The molecule has 1 aromatic carbocycles. The van der Waals surface area contributed by atoms with Gasteiger partial charge in [0.2, 0.25) is 5.91 Å². The van der Waals surface area contributed by atoms with E-state index in [4.69, 9.17) is 11.5 Å². The van der Waals surface area contributed by atoms with Crippen molar-refractivity contribution >= 4 is 11.9 Å². The summed E-state index contributed by atoms with van der Waals surface area (Å²) >= 11 is 0. The Kier molecular flexibility index (Phi) is 6.69. The van der Waals surface area contributed by atoms with E-state index < -0.39 is 24.0 Å². The summed E-state index contributed by atoms with van der Waals surface area (Å²) in [6, 6.07) is 6.73. The van der Waals surface area contributed by atoms with Crippen LogP contribution in [0.4, 0.5) is 0 Å². The molecule has 0 aromatic heterocycles. The molecule has 6 N–H and O–H groups in total. The first-order valence-electron chi connectivity index (χ1n) is 6.60. The minimum absolute atomic E-state index is 0.460. The third kappa shape index (κ3) is 4.99. The van der Waals surface area contributed by atoms with Crippen LogP contribution < -0.4 is 16.8 Å². The van der Waals surface area contributed by atoms with E-state index in [2.05, 4.69) is 5.32 Å². The molecule has 0 saturated carbocycles. The van der Waals surface area contributed by atoms with E-state index in [0.717, 1.165) is 12.8 Å². The number of carbonyl (C=O) groups excluding carboxylic acids is 1. The van der Waals surface area contributed by atoms with Crippen molar-refractivity contribution in [3.8, 4) is 0 Å². The van der Waals surface area contributed by atoms with Gasteiger partial charge in [-0.15, -0.1) is 0 Å². The second kappa shape index (κ2) is 8.29. The number of amides is 1. The third-order valence-electron chi connectivity index (χ3n) is 2.97. The Hall–Kier alpha value is -1.92. The number of nitrogens with one attached hydrogen (secondary N) is 1. The van der Waals surface area contributed by atoms with E-state index in [9.17, 15) is 14.7 Å². The number of rotatable bonds is 8. The summed E-state index contributed by atoms with van der Waals surface area (Å²) in [5, 5.41) is 11.7. The number of aliphatic carboxylic acids is 1. The monoisotopic (exact) mass is 279 g/mol. The highest BCUT2D eigenvalue weighted by molar-refractivity contribution is 5.87. The SMILES string of the molecule is NCCCC[C@@H](N)C(=O)N[C@H](C(=O)O)c1ccccc1. The molecule has 0 unspecified atom stereocenters. The fourth-order valence-electron chi connectivity index (χ4n) is 1.82. The molecule has 20 heavy (non-hydrogen) atoms. The number of hydrogen-bond donors (Lipinski definition) is 4. The van der Waals surface area contributed by atoms with Crippen molar-refractivity contribution < 1.29 is 14.7 Å². The van der Waals surface area contributed by atoms with Crippen LogP contribution in [-0.4, -0.2) is 29.6 Å². The lowest BCUT2D eigenvalue weighted by Gasteiger charge is -2.18. The van der Waals surface area contributed by atoms with Crippen molar-refractivity contribution in [1.82, 2.24) is 5.32 Å². The van der Waals surface area contributed by atoms with Crippen molar-refractivity contribution in [3.63, 3.8) is 0 Å². The molecular weight excluding hydrogens is 258 g/mol. The lowest BCUT2D eigenvalue weighted by atomic mass is 10.1. The summed E-state index contributed by atoms with van der Waals surface area (Å²) in [4.78, 5) is 23.1. The van der Waals surface area contributed by atoms with Gasteiger partial charge in [-0.2, -0.15) is 0 Å². The van der Waals surface area contributed by atoms with Crippen LogP contribution in [0.5, 0.6) is 0 Å². The fraction of sp³-hybridized carbons (Fsp3) is 0.429. The summed E-state index contributed by atoms with van der Waals surface area (Å²) in [5.41, 5.74) is 11.6. The maximum atomic E-state index is 11.9. The molecule has 0 bridgehead atoms. The molecule has 0 aliphatic carbocycles. The van der Waals surface area contributed by atoms with Crippen LogP contribution in [-0.2, 0) is 9.59 Å². The van der Waals surface area contributed by atoms with Gasteiger partial charge in [0.05, 0.1) is 6.04 Å². The normalized spacial score (nSPS) is 13.5. The van der Waals surface area contributed by atoms with Gasteiger partial charge in [0.15, 0.2) is 6.04 Å². The molecule has 0 spiro atoms. The average Bonchev–Trinajstić information content (AvgIpc) is 2.45. The Balaban J connectivity index is 2.62. The van der Waals surface area contributed by atoms with Gasteiger partial charge in [0.25, 0.3) is 0 Å². The Morgan fingerprint density at radius 3 is 2.40 bits per heavy atom. The van der Waals surface area contributed by atoms with Gasteiger partial charge >= 0.3 is 5.97 Å². The molecule has 6 nitrogen and oxygen atoms in total. The standard InChI is InChI=1S/C14H21N3O3/c15-9-5-4-8-11(16)13(18)17-12(14(19)20)10-6-2-1-3-7-10/h1-3,6-7,11-12H,4-5,8-9,15-16H2,(H,17,18)(H,19,20)/t11-,12+/m1/s1. The first-order chi connectivity index (χ1) is 9.56. The van der Waals surface area contributed by atoms with Crippen molar-refractivity contribution in [3.05, 3.63) is 35.9 Å². The zero-order valence-corrected chi connectivity index (χ0v) is 11.3. The van der Waals surface area contributed by atoms with Crippen LogP contribution in [0.1, 0.15) is 30.9 Å². The average molecular weight is 279 g/mol. The van der Waals surface area contributed by atoms with Gasteiger partial charge in [-0.05, 0) is 24.9 Å². The molecule has 110 valence electrons. The van der Waals surface area contributed by atoms with E-state index in [1.807, 2.05) is 0 Å². The summed E-state index contributed by atoms with van der Waals surface area (Å²) in [7, 11) is 0. The van der Waals surface area contributed by atoms with Crippen LogP contribution in [0.25, 0.3) is 0 Å². The van der Waals surface area contributed by atoms with Crippen LogP contribution in [0, 0.1) is 0 Å². The molecule has 0 heterocycles. The predicted molar refractivity (Wildman–Crippen MR) is 75.8 cm³/mol. The van der Waals surface area contributed by atoms with Gasteiger partial charge in [0, 0.05) is 0 Å². The second-order valence-electron chi connectivity index (χ2n) is 4.58. The van der Waals surface area contributed by atoms with E-state index in [1.165, 1.54) is 0 Å². The molecule has 0 saturated heterocycles. The van der Waals surface area contributed by atoms with Crippen molar-refractivity contribution in [1.29, 1.82) is 0 Å². The number of carboxylic acids is 1. The number of carboxylic acid groups (broad SMARTS) is 1. The largest absolute Gasteiger partial charge is 0.479 e. The highest BCUT2D eigenvalue weighted by Gasteiger charge is 2.24. The molecule has 0 fully saturated rings. The van der Waals surface area contributed by atoms with Crippen LogP contribution in [0.2, 0.25) is 0 Å². The van der Waals surface area contributed by atoms with Crippen LogP contribution in [0.3, 0.4) is 0 Å². The van der Waals surface area contributed by atoms with Gasteiger partial charge in [-0.1, -0.05) is 36.8 Å². The molecule has 1 amide bonds. The maximum Gasteiger partial charge on any atom is 0.330 e. The first kappa shape index (κ1) is 16.1. The Morgan fingerprint density at radius 1 is 1.20 bits per heavy atom. The molecule has 0 aliphatic heterocycles. The zero-order valence-electron chi connectivity index (χ0n) is 11.3. The van der Waals surface area contributed by atoms with E-state index >= 15 is 0 Å². The van der Waals surface area contributed by atoms with Gasteiger partial charge in [-0.25, -0.2) is 4.79 Å². The Labute approximate surface area is 118 Å².